The Hall–Kier alpha value is -3.81. The predicted molar refractivity (Wildman–Crippen MR) is 165 cm³/mol. The minimum absolute atomic E-state index is 0.0222. The predicted octanol–water partition coefficient (Wildman–Crippen LogP) is 4.79. The lowest BCUT2D eigenvalue weighted by molar-refractivity contribution is 0.110. The van der Waals surface area contributed by atoms with E-state index in [1.807, 2.05) is 12.1 Å². The number of carboxylic acid groups (broad SMARTS) is 1. The number of aromatic nitrogens is 2. The largest absolute Gasteiger partial charge is 0.465 e. The second-order valence-corrected chi connectivity index (χ2v) is 12.7. The number of nitriles is 1. The Bertz CT molecular complexity index is 1590. The van der Waals surface area contributed by atoms with Crippen molar-refractivity contribution in [2.24, 2.45) is 5.92 Å². The third-order valence-electron chi connectivity index (χ3n) is 9.85. The minimum atomic E-state index is -0.908. The zero-order valence-electron chi connectivity index (χ0n) is 24.3. The van der Waals surface area contributed by atoms with E-state index in [9.17, 15) is 15.2 Å². The van der Waals surface area contributed by atoms with Gasteiger partial charge < -0.3 is 24.5 Å². The summed E-state index contributed by atoms with van der Waals surface area (Å²) in [5.74, 6) is 0.863. The van der Waals surface area contributed by atoms with E-state index in [1.54, 1.807) is 4.90 Å². The summed E-state index contributed by atoms with van der Waals surface area (Å²) in [6.07, 6.45) is 3.13. The molecule has 5 heterocycles. The summed E-state index contributed by atoms with van der Waals surface area (Å²) in [4.78, 5) is 30.6. The van der Waals surface area contributed by atoms with Crippen molar-refractivity contribution in [1.82, 2.24) is 19.8 Å². The number of likely N-dealkylation sites (tertiary alicyclic amines) is 1. The van der Waals surface area contributed by atoms with Crippen molar-refractivity contribution in [3.63, 3.8) is 0 Å². The number of hydrogen-bond acceptors (Lipinski definition) is 8. The molecule has 1 N–H and O–H groups in total. The topological polar surface area (TPSA) is 109 Å². The van der Waals surface area contributed by atoms with Crippen LogP contribution in [0.25, 0.3) is 10.8 Å². The first-order chi connectivity index (χ1) is 20.9. The molecule has 224 valence electrons. The fourth-order valence-corrected chi connectivity index (χ4v) is 7.98. The standard InChI is InChI=1S/C32H36ClN7O3/c1-37-13-4-7-22(37)19-43-31-35-26-17-38(27-9-3-6-20-5-2-8-25(33)29(20)27)14-11-24(26)30(36-31)39-16-23-15-21(10-12-34)28(18-39)40(23)32(41)42/h2-3,5-6,8-9,21-23,28H,4,7,10-11,13-19H2,1H3,(H,41,42)/t21?,22-,23+,28+/m0/s1. The van der Waals surface area contributed by atoms with Gasteiger partial charge in [0.2, 0.25) is 0 Å². The maximum atomic E-state index is 12.2. The van der Waals surface area contributed by atoms with Gasteiger partial charge in [0.25, 0.3) is 0 Å². The van der Waals surface area contributed by atoms with Gasteiger partial charge in [-0.3, -0.25) is 4.90 Å². The maximum Gasteiger partial charge on any atom is 0.407 e. The number of likely N-dealkylation sites (N-methyl/N-ethyl adjacent to an activating group) is 1. The molecule has 3 aromatic rings. The van der Waals surface area contributed by atoms with Crippen LogP contribution in [0.4, 0.5) is 16.3 Å². The Morgan fingerprint density at radius 2 is 2.00 bits per heavy atom. The van der Waals surface area contributed by atoms with Crippen LogP contribution in [0.3, 0.4) is 0 Å². The van der Waals surface area contributed by atoms with Crippen molar-refractivity contribution >= 4 is 40.0 Å². The molecule has 0 spiro atoms. The molecule has 2 aromatic carbocycles. The molecule has 7 rings (SSSR count). The molecule has 0 radical (unpaired) electrons. The summed E-state index contributed by atoms with van der Waals surface area (Å²) in [6, 6.07) is 14.8. The van der Waals surface area contributed by atoms with Crippen molar-refractivity contribution in [2.45, 2.75) is 56.8 Å². The number of piperazine rings is 1. The smallest absolute Gasteiger partial charge is 0.407 e. The molecule has 11 heteroatoms. The SMILES string of the molecule is CN1CCC[C@H]1COc1nc2c(c(N3C[C@H]4CC(CC#N)[C@@H](C3)N4C(=O)O)n1)CCN(c1cccc3cccc(Cl)c13)C2. The van der Waals surface area contributed by atoms with E-state index < -0.39 is 6.09 Å². The average molecular weight is 602 g/mol. The highest BCUT2D eigenvalue weighted by atomic mass is 35.5. The molecular weight excluding hydrogens is 566 g/mol. The van der Waals surface area contributed by atoms with Crippen LogP contribution in [-0.2, 0) is 13.0 Å². The van der Waals surface area contributed by atoms with Crippen molar-refractivity contribution in [1.29, 1.82) is 5.26 Å². The molecule has 4 aliphatic heterocycles. The van der Waals surface area contributed by atoms with Crippen molar-refractivity contribution in [2.75, 3.05) is 49.6 Å². The third kappa shape index (κ3) is 5.08. The second-order valence-electron chi connectivity index (χ2n) is 12.3. The lowest BCUT2D eigenvalue weighted by Crippen LogP contribution is -2.57. The number of amides is 1. The van der Waals surface area contributed by atoms with E-state index in [-0.39, 0.29) is 18.0 Å². The molecule has 1 unspecified atom stereocenters. The Morgan fingerprint density at radius 3 is 2.77 bits per heavy atom. The van der Waals surface area contributed by atoms with Crippen molar-refractivity contribution in [3.8, 4) is 12.1 Å². The zero-order valence-corrected chi connectivity index (χ0v) is 25.1. The van der Waals surface area contributed by atoms with Gasteiger partial charge in [-0.05, 0) is 62.7 Å². The Labute approximate surface area is 256 Å². The van der Waals surface area contributed by atoms with Gasteiger partial charge in [-0.15, -0.1) is 0 Å². The van der Waals surface area contributed by atoms with Gasteiger partial charge in [-0.25, -0.2) is 4.79 Å². The first-order valence-electron chi connectivity index (χ1n) is 15.2. The van der Waals surface area contributed by atoms with Crippen molar-refractivity contribution in [3.05, 3.63) is 52.7 Å². The van der Waals surface area contributed by atoms with Gasteiger partial charge in [0.15, 0.2) is 0 Å². The number of ether oxygens (including phenoxy) is 1. The second kappa shape index (κ2) is 11.4. The van der Waals surface area contributed by atoms with Gasteiger partial charge in [0.05, 0.1) is 35.4 Å². The molecule has 4 aliphatic rings. The van der Waals surface area contributed by atoms with E-state index in [1.165, 1.54) is 0 Å². The molecule has 0 aliphatic carbocycles. The van der Waals surface area contributed by atoms with Crippen LogP contribution in [-0.4, -0.2) is 88.9 Å². The van der Waals surface area contributed by atoms with Crippen LogP contribution in [0.2, 0.25) is 5.02 Å². The highest BCUT2D eigenvalue weighted by molar-refractivity contribution is 6.36. The third-order valence-corrected chi connectivity index (χ3v) is 10.2. The van der Waals surface area contributed by atoms with Crippen LogP contribution in [0.15, 0.2) is 36.4 Å². The van der Waals surface area contributed by atoms with Crippen molar-refractivity contribution < 1.29 is 14.6 Å². The molecule has 4 atom stereocenters. The van der Waals surface area contributed by atoms with Gasteiger partial charge in [-0.1, -0.05) is 35.9 Å². The van der Waals surface area contributed by atoms with Crippen LogP contribution >= 0.6 is 11.6 Å². The molecule has 3 fully saturated rings. The summed E-state index contributed by atoms with van der Waals surface area (Å²) < 4.78 is 6.30. The Kier molecular flexibility index (Phi) is 7.39. The van der Waals surface area contributed by atoms with E-state index in [0.717, 1.165) is 70.9 Å². The Morgan fingerprint density at radius 1 is 1.16 bits per heavy atom. The lowest BCUT2D eigenvalue weighted by Gasteiger charge is -2.42. The van der Waals surface area contributed by atoms with E-state index in [4.69, 9.17) is 26.3 Å². The monoisotopic (exact) mass is 601 g/mol. The molecule has 3 saturated heterocycles. The Balaban J connectivity index is 1.24. The molecule has 10 nitrogen and oxygen atoms in total. The molecule has 2 bridgehead atoms. The first kappa shape index (κ1) is 28.0. The first-order valence-corrected chi connectivity index (χ1v) is 15.6. The number of rotatable bonds is 6. The number of nitrogens with zero attached hydrogens (tertiary/aromatic N) is 7. The van der Waals surface area contributed by atoms with Crippen LogP contribution < -0.4 is 14.5 Å². The zero-order chi connectivity index (χ0) is 29.7. The minimum Gasteiger partial charge on any atom is -0.465 e. The van der Waals surface area contributed by atoms with Gasteiger partial charge in [0, 0.05) is 48.7 Å². The van der Waals surface area contributed by atoms with E-state index in [0.29, 0.717) is 51.1 Å². The van der Waals surface area contributed by atoms with E-state index in [2.05, 4.69) is 52.1 Å². The number of anilines is 2. The summed E-state index contributed by atoms with van der Waals surface area (Å²) in [6.45, 7) is 4.01. The number of halogens is 1. The maximum absolute atomic E-state index is 12.2. The van der Waals surface area contributed by atoms with Gasteiger partial charge in [0.1, 0.15) is 12.4 Å². The summed E-state index contributed by atoms with van der Waals surface area (Å²) in [5, 5.41) is 22.3. The summed E-state index contributed by atoms with van der Waals surface area (Å²) in [7, 11) is 2.13. The molecule has 1 aromatic heterocycles. The fourth-order valence-electron chi connectivity index (χ4n) is 7.70. The number of hydrogen-bond donors (Lipinski definition) is 1. The average Bonchev–Trinajstić information content (AvgIpc) is 3.52. The fraction of sp³-hybridized carbons (Fsp3) is 0.500. The summed E-state index contributed by atoms with van der Waals surface area (Å²) >= 11 is 6.70. The van der Waals surface area contributed by atoms with E-state index >= 15 is 0 Å². The lowest BCUT2D eigenvalue weighted by atomic mass is 9.97. The highest BCUT2D eigenvalue weighted by Crippen LogP contribution is 2.41. The molecular formula is C32H36ClN7O3. The van der Waals surface area contributed by atoms with Crippen LogP contribution in [0, 0.1) is 17.2 Å². The van der Waals surface area contributed by atoms with Gasteiger partial charge >= 0.3 is 12.1 Å². The van der Waals surface area contributed by atoms with Gasteiger partial charge in [-0.2, -0.15) is 15.2 Å². The van der Waals surface area contributed by atoms with Crippen LogP contribution in [0.1, 0.15) is 36.9 Å². The highest BCUT2D eigenvalue weighted by Gasteiger charge is 2.49. The number of carbonyl (C=O) groups is 1. The molecule has 0 saturated carbocycles. The summed E-state index contributed by atoms with van der Waals surface area (Å²) in [5.41, 5.74) is 3.10. The molecule has 1 amide bonds. The quantitative estimate of drug-likeness (QED) is 0.426. The number of fused-ring (bicyclic) bond motifs is 4. The number of benzene rings is 2. The normalized spacial score (nSPS) is 25.2. The van der Waals surface area contributed by atoms with Crippen LogP contribution in [0.5, 0.6) is 6.01 Å². The molecule has 43 heavy (non-hydrogen) atoms.